The minimum absolute atomic E-state index is 0.0566. The van der Waals surface area contributed by atoms with E-state index in [1.54, 1.807) is 0 Å². The Morgan fingerprint density at radius 1 is 1.19 bits per heavy atom. The lowest BCUT2D eigenvalue weighted by molar-refractivity contribution is 0.575. The van der Waals surface area contributed by atoms with Crippen LogP contribution in [0.2, 0.25) is 0 Å². The lowest BCUT2D eigenvalue weighted by Crippen LogP contribution is -2.29. The average molecular weight is 218 g/mol. The Morgan fingerprint density at radius 2 is 1.69 bits per heavy atom. The molecule has 0 saturated heterocycles. The highest BCUT2D eigenvalue weighted by Crippen LogP contribution is 2.20. The maximum atomic E-state index is 5.97. The van der Waals surface area contributed by atoms with Crippen molar-refractivity contribution in [3.63, 3.8) is 0 Å². The number of benzene rings is 1. The van der Waals surface area contributed by atoms with Crippen LogP contribution in [0.25, 0.3) is 0 Å². The van der Waals surface area contributed by atoms with Gasteiger partial charge in [-0.05, 0) is 19.4 Å². The molecule has 88 valence electrons. The summed E-state index contributed by atoms with van der Waals surface area (Å²) in [6.45, 7) is 10.4. The van der Waals surface area contributed by atoms with Gasteiger partial charge >= 0.3 is 0 Å². The van der Waals surface area contributed by atoms with Crippen LogP contribution in [0.4, 0.5) is 0 Å². The molecule has 0 spiro atoms. The van der Waals surface area contributed by atoms with E-state index in [4.69, 9.17) is 5.73 Å². The molecule has 1 rings (SSSR count). The second-order valence-electron chi connectivity index (χ2n) is 5.35. The normalized spacial score (nSPS) is 14.9. The highest BCUT2D eigenvalue weighted by atomic mass is 14.9. The lowest BCUT2D eigenvalue weighted by atomic mass is 9.95. The van der Waals surface area contributed by atoms with Gasteiger partial charge in [-0.25, -0.2) is 0 Å². The monoisotopic (exact) mass is 218 g/mol. The summed E-state index contributed by atoms with van der Waals surface area (Å²) in [6, 6.07) is 8.56. The fraction of sp³-hybridized carbons (Fsp3) is 0.500. The zero-order valence-corrected chi connectivity index (χ0v) is 10.9. The number of amidine groups is 1. The Balaban J connectivity index is 2.87. The van der Waals surface area contributed by atoms with Crippen molar-refractivity contribution < 1.29 is 0 Å². The van der Waals surface area contributed by atoms with Crippen LogP contribution in [-0.2, 0) is 0 Å². The van der Waals surface area contributed by atoms with E-state index in [1.165, 1.54) is 11.1 Å². The summed E-state index contributed by atoms with van der Waals surface area (Å²) in [6.07, 6.45) is 0. The standard InChI is InChI=1S/C14H22N2/c1-10-6-8-12(9-7-10)11(2)16-13(15)14(3,4)5/h6-9,11H,1-5H3,(H2,15,16). The molecule has 0 fully saturated rings. The van der Waals surface area contributed by atoms with Crippen LogP contribution in [-0.4, -0.2) is 5.84 Å². The quantitative estimate of drug-likeness (QED) is 0.599. The molecule has 2 nitrogen and oxygen atoms in total. The highest BCUT2D eigenvalue weighted by Gasteiger charge is 2.16. The van der Waals surface area contributed by atoms with Crippen LogP contribution in [0.3, 0.4) is 0 Å². The molecule has 0 aliphatic heterocycles. The first kappa shape index (κ1) is 12.8. The van der Waals surface area contributed by atoms with Crippen molar-refractivity contribution in [2.75, 3.05) is 0 Å². The highest BCUT2D eigenvalue weighted by molar-refractivity contribution is 5.85. The maximum absolute atomic E-state index is 5.97. The van der Waals surface area contributed by atoms with Gasteiger partial charge in [-0.2, -0.15) is 0 Å². The molecule has 0 radical (unpaired) electrons. The predicted molar refractivity (Wildman–Crippen MR) is 70.7 cm³/mol. The first-order valence-corrected chi connectivity index (χ1v) is 5.71. The number of hydrogen-bond acceptors (Lipinski definition) is 1. The topological polar surface area (TPSA) is 38.4 Å². The number of rotatable bonds is 2. The van der Waals surface area contributed by atoms with E-state index in [9.17, 15) is 0 Å². The molecule has 1 aromatic rings. The number of nitrogens with zero attached hydrogens (tertiary/aromatic N) is 1. The van der Waals surface area contributed by atoms with Crippen molar-refractivity contribution in [1.82, 2.24) is 0 Å². The molecular formula is C14H22N2. The summed E-state index contributed by atoms with van der Waals surface area (Å²) >= 11 is 0. The minimum Gasteiger partial charge on any atom is -0.387 e. The number of nitrogens with two attached hydrogens (primary N) is 1. The molecule has 1 aromatic carbocycles. The fourth-order valence-corrected chi connectivity index (χ4v) is 1.32. The van der Waals surface area contributed by atoms with Crippen LogP contribution in [0.15, 0.2) is 29.3 Å². The zero-order chi connectivity index (χ0) is 12.3. The number of aryl methyl sites for hydroxylation is 1. The average Bonchev–Trinajstić information content (AvgIpc) is 2.17. The van der Waals surface area contributed by atoms with Crippen LogP contribution in [0.5, 0.6) is 0 Å². The predicted octanol–water partition coefficient (Wildman–Crippen LogP) is 3.46. The Bertz CT molecular complexity index is 369. The van der Waals surface area contributed by atoms with E-state index in [0.29, 0.717) is 5.84 Å². The number of hydrogen-bond donors (Lipinski definition) is 1. The van der Waals surface area contributed by atoms with Crippen molar-refractivity contribution in [3.8, 4) is 0 Å². The third-order valence-electron chi connectivity index (χ3n) is 2.66. The van der Waals surface area contributed by atoms with Gasteiger partial charge in [0.2, 0.25) is 0 Å². The van der Waals surface area contributed by atoms with Gasteiger partial charge in [0.1, 0.15) is 0 Å². The van der Waals surface area contributed by atoms with E-state index >= 15 is 0 Å². The van der Waals surface area contributed by atoms with Crippen molar-refractivity contribution >= 4 is 5.84 Å². The van der Waals surface area contributed by atoms with Crippen molar-refractivity contribution in [2.45, 2.75) is 40.7 Å². The van der Waals surface area contributed by atoms with Gasteiger partial charge in [0.05, 0.1) is 11.9 Å². The zero-order valence-electron chi connectivity index (χ0n) is 10.9. The summed E-state index contributed by atoms with van der Waals surface area (Å²) < 4.78 is 0. The molecule has 2 N–H and O–H groups in total. The third kappa shape index (κ3) is 3.37. The largest absolute Gasteiger partial charge is 0.387 e. The molecule has 0 heterocycles. The van der Waals surface area contributed by atoms with Crippen LogP contribution >= 0.6 is 0 Å². The fourth-order valence-electron chi connectivity index (χ4n) is 1.32. The smallest absolute Gasteiger partial charge is 0.0998 e. The lowest BCUT2D eigenvalue weighted by Gasteiger charge is -2.19. The van der Waals surface area contributed by atoms with E-state index in [1.807, 2.05) is 0 Å². The molecule has 0 aromatic heterocycles. The molecule has 0 saturated carbocycles. The molecule has 1 unspecified atom stereocenters. The van der Waals surface area contributed by atoms with E-state index in [-0.39, 0.29) is 11.5 Å². The van der Waals surface area contributed by atoms with Crippen LogP contribution < -0.4 is 5.73 Å². The Hall–Kier alpha value is -1.31. The molecule has 0 aliphatic carbocycles. The minimum atomic E-state index is -0.0566. The van der Waals surface area contributed by atoms with Gasteiger partial charge in [0.15, 0.2) is 0 Å². The van der Waals surface area contributed by atoms with Crippen LogP contribution in [0.1, 0.15) is 44.9 Å². The SMILES string of the molecule is Cc1ccc(C(C)N=C(N)C(C)(C)C)cc1. The molecule has 0 bridgehead atoms. The van der Waals surface area contributed by atoms with Gasteiger partial charge in [-0.15, -0.1) is 0 Å². The first-order valence-electron chi connectivity index (χ1n) is 5.71. The molecule has 1 atom stereocenters. The van der Waals surface area contributed by atoms with E-state index < -0.39 is 0 Å². The Labute approximate surface area is 98.6 Å². The summed E-state index contributed by atoms with van der Waals surface area (Å²) in [5.41, 5.74) is 8.39. The van der Waals surface area contributed by atoms with Crippen LogP contribution in [0, 0.1) is 12.3 Å². The third-order valence-corrected chi connectivity index (χ3v) is 2.66. The van der Waals surface area contributed by atoms with E-state index in [2.05, 4.69) is 63.9 Å². The van der Waals surface area contributed by atoms with Crippen molar-refractivity contribution in [3.05, 3.63) is 35.4 Å². The summed E-state index contributed by atoms with van der Waals surface area (Å²) in [5, 5.41) is 0. The molecular weight excluding hydrogens is 196 g/mol. The summed E-state index contributed by atoms with van der Waals surface area (Å²) in [7, 11) is 0. The molecule has 0 aliphatic rings. The first-order chi connectivity index (χ1) is 7.30. The van der Waals surface area contributed by atoms with Gasteiger partial charge in [0.25, 0.3) is 0 Å². The summed E-state index contributed by atoms with van der Waals surface area (Å²) in [4.78, 5) is 4.54. The van der Waals surface area contributed by atoms with Crippen molar-refractivity contribution in [1.29, 1.82) is 0 Å². The summed E-state index contributed by atoms with van der Waals surface area (Å²) in [5.74, 6) is 0.709. The molecule has 2 heteroatoms. The molecule has 16 heavy (non-hydrogen) atoms. The number of aliphatic imine (C=N–C) groups is 1. The van der Waals surface area contributed by atoms with Gasteiger partial charge in [-0.3, -0.25) is 4.99 Å². The Kier molecular flexibility index (Phi) is 3.74. The van der Waals surface area contributed by atoms with Crippen molar-refractivity contribution in [2.24, 2.45) is 16.1 Å². The Morgan fingerprint density at radius 3 is 2.12 bits per heavy atom. The second-order valence-corrected chi connectivity index (χ2v) is 5.35. The molecule has 0 amide bonds. The van der Waals surface area contributed by atoms with Gasteiger partial charge in [0, 0.05) is 5.41 Å². The van der Waals surface area contributed by atoms with E-state index in [0.717, 1.165) is 0 Å². The maximum Gasteiger partial charge on any atom is 0.0998 e. The second kappa shape index (κ2) is 4.69. The van der Waals surface area contributed by atoms with Gasteiger partial charge < -0.3 is 5.73 Å². The van der Waals surface area contributed by atoms with Gasteiger partial charge in [-0.1, -0.05) is 50.6 Å².